The van der Waals surface area contributed by atoms with Crippen molar-refractivity contribution in [2.75, 3.05) is 0 Å². The van der Waals surface area contributed by atoms with Gasteiger partial charge in [-0.3, -0.25) is 4.57 Å². The Balaban J connectivity index is 1.26. The maximum absolute atomic E-state index is 5.35. The van der Waals surface area contributed by atoms with Gasteiger partial charge in [-0.25, -0.2) is 4.98 Å². The zero-order valence-corrected chi connectivity index (χ0v) is 29.0. The van der Waals surface area contributed by atoms with Gasteiger partial charge < -0.3 is 0 Å². The molecule has 0 spiro atoms. The average Bonchev–Trinajstić information content (AvgIpc) is 3.65. The molecule has 0 saturated carbocycles. The predicted molar refractivity (Wildman–Crippen MR) is 213 cm³/mol. The van der Waals surface area contributed by atoms with Gasteiger partial charge in [0.05, 0.1) is 11.0 Å². The Morgan fingerprint density at radius 2 is 0.923 bits per heavy atom. The van der Waals surface area contributed by atoms with E-state index in [9.17, 15) is 0 Å². The summed E-state index contributed by atoms with van der Waals surface area (Å²) >= 11 is 0. The van der Waals surface area contributed by atoms with Crippen LogP contribution in [0, 0.1) is 0 Å². The molecule has 0 N–H and O–H groups in total. The van der Waals surface area contributed by atoms with Gasteiger partial charge in [0.1, 0.15) is 0 Å². The number of hydrogen-bond acceptors (Lipinski definition) is 3. The Kier molecular flexibility index (Phi) is 6.80. The van der Waals surface area contributed by atoms with Crippen molar-refractivity contribution in [3.63, 3.8) is 0 Å². The Morgan fingerprint density at radius 3 is 1.60 bits per heavy atom. The minimum atomic E-state index is -0.107. The molecule has 2 heterocycles. The lowest BCUT2D eigenvalue weighted by atomic mass is 9.82. The third kappa shape index (κ3) is 4.79. The van der Waals surface area contributed by atoms with Crippen LogP contribution >= 0.6 is 0 Å². The van der Waals surface area contributed by atoms with Crippen molar-refractivity contribution in [3.8, 4) is 62.1 Å². The molecular weight excluding hydrogens is 633 g/mol. The van der Waals surface area contributed by atoms with Crippen molar-refractivity contribution in [3.05, 3.63) is 181 Å². The number of para-hydroxylation sites is 1. The maximum atomic E-state index is 5.35. The van der Waals surface area contributed by atoms with Crippen LogP contribution in [-0.2, 0) is 5.41 Å². The monoisotopic (exact) mass is 666 g/mol. The molecule has 0 fully saturated rings. The second-order valence-electron chi connectivity index (χ2n) is 14.1. The molecule has 0 aliphatic heterocycles. The molecule has 52 heavy (non-hydrogen) atoms. The second kappa shape index (κ2) is 11.7. The van der Waals surface area contributed by atoms with Gasteiger partial charge >= 0.3 is 0 Å². The van der Waals surface area contributed by atoms with E-state index in [2.05, 4.69) is 170 Å². The molecule has 10 rings (SSSR count). The van der Waals surface area contributed by atoms with Crippen molar-refractivity contribution >= 4 is 21.8 Å². The highest BCUT2D eigenvalue weighted by atomic mass is 15.2. The summed E-state index contributed by atoms with van der Waals surface area (Å²) in [6.45, 7) is 4.67. The molecule has 2 aromatic heterocycles. The van der Waals surface area contributed by atoms with E-state index in [4.69, 9.17) is 15.0 Å². The molecule has 9 aromatic rings. The fraction of sp³-hybridized carbons (Fsp3) is 0.0625. The van der Waals surface area contributed by atoms with Crippen LogP contribution in [-0.4, -0.2) is 19.5 Å². The highest BCUT2D eigenvalue weighted by Crippen LogP contribution is 2.51. The van der Waals surface area contributed by atoms with Crippen molar-refractivity contribution < 1.29 is 0 Å². The molecule has 0 saturated heterocycles. The van der Waals surface area contributed by atoms with E-state index in [1.54, 1.807) is 0 Å². The minimum Gasteiger partial charge on any atom is -0.278 e. The zero-order valence-electron chi connectivity index (χ0n) is 29.0. The molecule has 4 nitrogen and oxygen atoms in total. The zero-order chi connectivity index (χ0) is 34.8. The Morgan fingerprint density at radius 1 is 0.385 bits per heavy atom. The number of hydrogen-bond donors (Lipinski definition) is 0. The number of fused-ring (bicyclic) bond motifs is 6. The molecule has 0 amide bonds. The first-order valence-electron chi connectivity index (χ1n) is 17.8. The fourth-order valence-electron chi connectivity index (χ4n) is 8.04. The largest absolute Gasteiger partial charge is 0.278 e. The van der Waals surface area contributed by atoms with Gasteiger partial charge in [0.25, 0.3) is 0 Å². The molecule has 246 valence electrons. The predicted octanol–water partition coefficient (Wildman–Crippen LogP) is 11.9. The SMILES string of the molecule is CC1(C)c2ccccc2-c2cc3c(cc21)c1ccccc1n3-c1nc(-c2ccccc2)nc(-c2cc(-c3ccccc3)cc(-c3ccccc3)c2)n1. The van der Waals surface area contributed by atoms with Crippen LogP contribution in [0.15, 0.2) is 170 Å². The van der Waals surface area contributed by atoms with Gasteiger partial charge in [0.15, 0.2) is 11.6 Å². The summed E-state index contributed by atoms with van der Waals surface area (Å²) in [5, 5.41) is 2.36. The first kappa shape index (κ1) is 30.2. The van der Waals surface area contributed by atoms with Crippen LogP contribution in [0.3, 0.4) is 0 Å². The van der Waals surface area contributed by atoms with Crippen LogP contribution in [0.4, 0.5) is 0 Å². The summed E-state index contributed by atoms with van der Waals surface area (Å²) in [6, 6.07) is 60.1. The van der Waals surface area contributed by atoms with E-state index in [1.807, 2.05) is 18.2 Å². The summed E-state index contributed by atoms with van der Waals surface area (Å²) in [5.74, 6) is 1.84. The van der Waals surface area contributed by atoms with Gasteiger partial charge in [-0.15, -0.1) is 0 Å². The van der Waals surface area contributed by atoms with Crippen LogP contribution in [0.25, 0.3) is 83.9 Å². The van der Waals surface area contributed by atoms with Crippen LogP contribution in [0.5, 0.6) is 0 Å². The lowest BCUT2D eigenvalue weighted by Crippen LogP contribution is -2.14. The summed E-state index contributed by atoms with van der Waals surface area (Å²) < 4.78 is 2.23. The normalized spacial score (nSPS) is 13.0. The molecule has 1 aliphatic rings. The van der Waals surface area contributed by atoms with Crippen LogP contribution in [0.1, 0.15) is 25.0 Å². The van der Waals surface area contributed by atoms with Gasteiger partial charge in [-0.2, -0.15) is 9.97 Å². The third-order valence-corrected chi connectivity index (χ3v) is 10.6. The van der Waals surface area contributed by atoms with E-state index < -0.39 is 0 Å². The van der Waals surface area contributed by atoms with Gasteiger partial charge in [-0.1, -0.05) is 147 Å². The fourth-order valence-corrected chi connectivity index (χ4v) is 8.04. The van der Waals surface area contributed by atoms with Crippen LogP contribution < -0.4 is 0 Å². The smallest absolute Gasteiger partial charge is 0.238 e. The average molecular weight is 667 g/mol. The van der Waals surface area contributed by atoms with Crippen molar-refractivity contribution in [1.29, 1.82) is 0 Å². The summed E-state index contributed by atoms with van der Waals surface area (Å²) in [4.78, 5) is 15.8. The molecule has 0 atom stereocenters. The summed E-state index contributed by atoms with van der Waals surface area (Å²) in [6.07, 6.45) is 0. The first-order chi connectivity index (χ1) is 25.5. The van der Waals surface area contributed by atoms with Crippen molar-refractivity contribution in [2.45, 2.75) is 19.3 Å². The molecule has 4 heteroatoms. The van der Waals surface area contributed by atoms with E-state index in [0.717, 1.165) is 44.4 Å². The van der Waals surface area contributed by atoms with Gasteiger partial charge in [-0.05, 0) is 80.9 Å². The number of nitrogens with zero attached hydrogens (tertiary/aromatic N) is 4. The van der Waals surface area contributed by atoms with Crippen molar-refractivity contribution in [2.24, 2.45) is 0 Å². The minimum absolute atomic E-state index is 0.107. The molecular formula is C48H34N4. The van der Waals surface area contributed by atoms with Crippen LogP contribution in [0.2, 0.25) is 0 Å². The first-order valence-corrected chi connectivity index (χ1v) is 17.8. The summed E-state index contributed by atoms with van der Waals surface area (Å²) in [7, 11) is 0. The quantitative estimate of drug-likeness (QED) is 0.184. The summed E-state index contributed by atoms with van der Waals surface area (Å²) in [5.41, 5.74) is 13.6. The Labute approximate surface area is 302 Å². The van der Waals surface area contributed by atoms with E-state index >= 15 is 0 Å². The lowest BCUT2D eigenvalue weighted by molar-refractivity contribution is 0.661. The molecule has 0 unspecified atom stereocenters. The number of benzene rings is 7. The third-order valence-electron chi connectivity index (χ3n) is 10.6. The lowest BCUT2D eigenvalue weighted by Gasteiger charge is -2.21. The molecule has 7 aromatic carbocycles. The van der Waals surface area contributed by atoms with E-state index in [1.165, 1.54) is 33.0 Å². The standard InChI is InChI=1S/C48H34N4/c1-48(2)41-24-14-12-22-37(41)39-30-44-40(29-42(39)48)38-23-13-15-25-43(38)52(44)47-50-45(33-20-10-5-11-21-33)49-46(51-47)36-27-34(31-16-6-3-7-17-31)26-35(28-36)32-18-8-4-9-19-32/h3-30H,1-2H3. The second-order valence-corrected chi connectivity index (χ2v) is 14.1. The van der Waals surface area contributed by atoms with Gasteiger partial charge in [0.2, 0.25) is 5.95 Å². The number of rotatable bonds is 5. The molecule has 0 bridgehead atoms. The Bertz CT molecular complexity index is 2740. The molecule has 0 radical (unpaired) electrons. The highest BCUT2D eigenvalue weighted by molar-refractivity contribution is 6.11. The van der Waals surface area contributed by atoms with Crippen molar-refractivity contribution in [1.82, 2.24) is 19.5 Å². The molecule has 1 aliphatic carbocycles. The van der Waals surface area contributed by atoms with E-state index in [-0.39, 0.29) is 5.41 Å². The number of aromatic nitrogens is 4. The van der Waals surface area contributed by atoms with E-state index in [0.29, 0.717) is 17.6 Å². The Hall–Kier alpha value is -6.65. The highest BCUT2D eigenvalue weighted by Gasteiger charge is 2.36. The topological polar surface area (TPSA) is 43.6 Å². The maximum Gasteiger partial charge on any atom is 0.238 e. The van der Waals surface area contributed by atoms with Gasteiger partial charge in [0, 0.05) is 27.3 Å².